The summed E-state index contributed by atoms with van der Waals surface area (Å²) in [5.74, 6) is 0. The Balaban J connectivity index is 2.41. The summed E-state index contributed by atoms with van der Waals surface area (Å²) in [6.45, 7) is 0. The third kappa shape index (κ3) is 1.85. The zero-order valence-electron chi connectivity index (χ0n) is 6.50. The number of benzene rings is 1. The van der Waals surface area contributed by atoms with Crippen LogP contribution in [0.4, 0.5) is 0 Å². The number of halogens is 2. The molecule has 0 atom stereocenters. The van der Waals surface area contributed by atoms with Crippen LogP contribution >= 0.6 is 23.2 Å². The molecule has 0 spiro atoms. The molecule has 0 aliphatic rings. The van der Waals surface area contributed by atoms with E-state index in [-0.39, 0.29) is 5.22 Å². The van der Waals surface area contributed by atoms with Crippen molar-refractivity contribution in [2.45, 2.75) is 0 Å². The van der Waals surface area contributed by atoms with Gasteiger partial charge in [-0.2, -0.15) is 0 Å². The van der Waals surface area contributed by atoms with E-state index in [9.17, 15) is 0 Å². The second kappa shape index (κ2) is 3.40. The van der Waals surface area contributed by atoms with Gasteiger partial charge in [-0.25, -0.2) is 0 Å². The minimum absolute atomic E-state index is 0.282. The Labute approximate surface area is 85.1 Å². The van der Waals surface area contributed by atoms with Gasteiger partial charge in [-0.3, -0.25) is 0 Å². The van der Waals surface area contributed by atoms with E-state index in [0.717, 1.165) is 5.56 Å². The molecule has 1 aromatic carbocycles. The number of rotatable bonds is 1. The molecule has 1 aromatic heterocycles. The van der Waals surface area contributed by atoms with Crippen LogP contribution in [-0.4, -0.2) is 5.16 Å². The summed E-state index contributed by atoms with van der Waals surface area (Å²) in [4.78, 5) is 0. The summed E-state index contributed by atoms with van der Waals surface area (Å²) in [5.41, 5.74) is 1.64. The second-order valence-electron chi connectivity index (χ2n) is 2.52. The van der Waals surface area contributed by atoms with E-state index in [0.29, 0.717) is 10.7 Å². The van der Waals surface area contributed by atoms with E-state index in [4.69, 9.17) is 27.7 Å². The highest BCUT2D eigenvalue weighted by atomic mass is 35.5. The molecule has 66 valence electrons. The highest BCUT2D eigenvalue weighted by Crippen LogP contribution is 2.22. The molecule has 2 rings (SSSR count). The summed E-state index contributed by atoms with van der Waals surface area (Å²) in [7, 11) is 0. The van der Waals surface area contributed by atoms with Crippen molar-refractivity contribution in [1.82, 2.24) is 5.16 Å². The fraction of sp³-hybridized carbons (Fsp3) is 0. The lowest BCUT2D eigenvalue weighted by Crippen LogP contribution is -1.74. The van der Waals surface area contributed by atoms with Gasteiger partial charge in [-0.15, -0.1) is 0 Å². The normalized spacial score (nSPS) is 10.3. The van der Waals surface area contributed by atoms with Gasteiger partial charge < -0.3 is 4.52 Å². The smallest absolute Gasteiger partial charge is 0.226 e. The molecule has 0 unspecified atom stereocenters. The van der Waals surface area contributed by atoms with Gasteiger partial charge in [0.05, 0.1) is 0 Å². The van der Waals surface area contributed by atoms with Gasteiger partial charge in [0.2, 0.25) is 5.22 Å². The monoisotopic (exact) mass is 213 g/mol. The molecule has 1 heterocycles. The van der Waals surface area contributed by atoms with E-state index in [2.05, 4.69) is 5.16 Å². The van der Waals surface area contributed by atoms with Crippen molar-refractivity contribution in [3.8, 4) is 11.3 Å². The lowest BCUT2D eigenvalue weighted by Gasteiger charge is -1.93. The van der Waals surface area contributed by atoms with Crippen molar-refractivity contribution in [3.63, 3.8) is 0 Å². The molecule has 0 amide bonds. The highest BCUT2D eigenvalue weighted by Gasteiger charge is 2.03. The fourth-order valence-corrected chi connectivity index (χ4v) is 1.27. The minimum Gasteiger partial charge on any atom is -0.344 e. The topological polar surface area (TPSA) is 26.0 Å². The number of hydrogen-bond acceptors (Lipinski definition) is 2. The summed E-state index contributed by atoms with van der Waals surface area (Å²) in [6.07, 6.45) is 0. The van der Waals surface area contributed by atoms with Crippen LogP contribution in [0.2, 0.25) is 10.2 Å². The molecule has 0 N–H and O–H groups in total. The lowest BCUT2D eigenvalue weighted by atomic mass is 10.2. The van der Waals surface area contributed by atoms with E-state index in [1.165, 1.54) is 0 Å². The lowest BCUT2D eigenvalue weighted by molar-refractivity contribution is 0.424. The van der Waals surface area contributed by atoms with Gasteiger partial charge in [0.25, 0.3) is 0 Å². The molecule has 0 bridgehead atoms. The van der Waals surface area contributed by atoms with Gasteiger partial charge in [-0.1, -0.05) is 28.9 Å². The van der Waals surface area contributed by atoms with Crippen LogP contribution in [0, 0.1) is 0 Å². The van der Waals surface area contributed by atoms with E-state index in [1.54, 1.807) is 18.2 Å². The molecule has 0 radical (unpaired) electrons. The standard InChI is InChI=1S/C9H5Cl2NO/c10-7-3-1-6(2-4-7)8-5-9(11)13-12-8/h1-5H. The van der Waals surface area contributed by atoms with Crippen molar-refractivity contribution < 1.29 is 4.52 Å². The average Bonchev–Trinajstić information content (AvgIpc) is 2.53. The van der Waals surface area contributed by atoms with Gasteiger partial charge >= 0.3 is 0 Å². The predicted octanol–water partition coefficient (Wildman–Crippen LogP) is 3.65. The first-order chi connectivity index (χ1) is 6.25. The molecule has 4 heteroatoms. The summed E-state index contributed by atoms with van der Waals surface area (Å²) >= 11 is 11.3. The third-order valence-corrected chi connectivity index (χ3v) is 2.05. The number of aromatic nitrogens is 1. The predicted molar refractivity (Wildman–Crippen MR) is 52.0 cm³/mol. The van der Waals surface area contributed by atoms with Crippen LogP contribution in [0.5, 0.6) is 0 Å². The third-order valence-electron chi connectivity index (χ3n) is 1.62. The molecule has 0 saturated heterocycles. The molecule has 2 nitrogen and oxygen atoms in total. The van der Waals surface area contributed by atoms with Gasteiger partial charge in [0.15, 0.2) is 0 Å². The Hall–Kier alpha value is -0.990. The van der Waals surface area contributed by atoms with Crippen LogP contribution in [0.25, 0.3) is 11.3 Å². The number of hydrogen-bond donors (Lipinski definition) is 0. The molecule has 0 aliphatic carbocycles. The maximum absolute atomic E-state index is 5.73. The molecule has 0 aliphatic heterocycles. The largest absolute Gasteiger partial charge is 0.344 e. The highest BCUT2D eigenvalue weighted by molar-refractivity contribution is 6.30. The average molecular weight is 214 g/mol. The molecule has 13 heavy (non-hydrogen) atoms. The van der Waals surface area contributed by atoms with Crippen molar-refractivity contribution in [2.75, 3.05) is 0 Å². The molecular formula is C9H5Cl2NO. The van der Waals surface area contributed by atoms with Crippen molar-refractivity contribution in [1.29, 1.82) is 0 Å². The molecule has 0 fully saturated rings. The zero-order valence-corrected chi connectivity index (χ0v) is 8.01. The SMILES string of the molecule is Clc1ccc(-c2cc(Cl)on2)cc1. The Morgan fingerprint density at radius 2 is 1.77 bits per heavy atom. The van der Waals surface area contributed by atoms with E-state index < -0.39 is 0 Å². The van der Waals surface area contributed by atoms with Crippen LogP contribution in [0.3, 0.4) is 0 Å². The first-order valence-corrected chi connectivity index (χ1v) is 4.39. The van der Waals surface area contributed by atoms with Crippen LogP contribution in [0.15, 0.2) is 34.9 Å². The Kier molecular flexibility index (Phi) is 2.25. The second-order valence-corrected chi connectivity index (χ2v) is 3.33. The van der Waals surface area contributed by atoms with E-state index >= 15 is 0 Å². The maximum atomic E-state index is 5.73. The first kappa shape index (κ1) is 8.60. The minimum atomic E-state index is 0.282. The summed E-state index contributed by atoms with van der Waals surface area (Å²) < 4.78 is 4.73. The summed E-state index contributed by atoms with van der Waals surface area (Å²) in [6, 6.07) is 8.96. The molecule has 2 aromatic rings. The van der Waals surface area contributed by atoms with Gasteiger partial charge in [0, 0.05) is 16.7 Å². The van der Waals surface area contributed by atoms with Crippen LogP contribution in [-0.2, 0) is 0 Å². The van der Waals surface area contributed by atoms with Gasteiger partial charge in [-0.05, 0) is 23.7 Å². The van der Waals surface area contributed by atoms with Crippen molar-refractivity contribution >= 4 is 23.2 Å². The van der Waals surface area contributed by atoms with Crippen LogP contribution < -0.4 is 0 Å². The fourth-order valence-electron chi connectivity index (χ4n) is 1.01. The van der Waals surface area contributed by atoms with Crippen molar-refractivity contribution in [3.05, 3.63) is 40.6 Å². The number of nitrogens with zero attached hydrogens (tertiary/aromatic N) is 1. The van der Waals surface area contributed by atoms with Crippen LogP contribution in [0.1, 0.15) is 0 Å². The van der Waals surface area contributed by atoms with E-state index in [1.807, 2.05) is 12.1 Å². The molecule has 0 saturated carbocycles. The molecular weight excluding hydrogens is 209 g/mol. The van der Waals surface area contributed by atoms with Crippen molar-refractivity contribution in [2.24, 2.45) is 0 Å². The maximum Gasteiger partial charge on any atom is 0.226 e. The quantitative estimate of drug-likeness (QED) is 0.723. The Morgan fingerprint density at radius 3 is 2.31 bits per heavy atom. The summed E-state index contributed by atoms with van der Waals surface area (Å²) in [5, 5.41) is 4.74. The van der Waals surface area contributed by atoms with Gasteiger partial charge in [0.1, 0.15) is 5.69 Å². The Bertz CT molecular complexity index is 408. The zero-order chi connectivity index (χ0) is 9.26. The Morgan fingerprint density at radius 1 is 1.08 bits per heavy atom. The first-order valence-electron chi connectivity index (χ1n) is 3.64.